The molecule has 0 spiro atoms. The van der Waals surface area contributed by atoms with E-state index in [9.17, 15) is 17.2 Å². The number of rotatable bonds is 5. The lowest BCUT2D eigenvalue weighted by Crippen LogP contribution is -2.14. The SMILES string of the molecule is Cc1ccc(S(=O)(=O)Nc2cc(F)c(OC(C)C)c(F)c2)cc1. The molecule has 0 aromatic heterocycles. The summed E-state index contributed by atoms with van der Waals surface area (Å²) in [7, 11) is -3.92. The first-order valence-electron chi connectivity index (χ1n) is 6.94. The van der Waals surface area contributed by atoms with Gasteiger partial charge in [0.1, 0.15) is 0 Å². The lowest BCUT2D eigenvalue weighted by atomic mass is 10.2. The van der Waals surface area contributed by atoms with Gasteiger partial charge in [0.25, 0.3) is 10.0 Å². The summed E-state index contributed by atoms with van der Waals surface area (Å²) in [6, 6.07) is 7.87. The Kier molecular flexibility index (Phi) is 4.89. The lowest BCUT2D eigenvalue weighted by Gasteiger charge is -2.14. The van der Waals surface area contributed by atoms with Gasteiger partial charge in [0, 0.05) is 12.1 Å². The van der Waals surface area contributed by atoms with E-state index in [2.05, 4.69) is 4.72 Å². The van der Waals surface area contributed by atoms with Crippen LogP contribution in [-0.2, 0) is 10.0 Å². The summed E-state index contributed by atoms with van der Waals surface area (Å²) in [4.78, 5) is 0.00595. The zero-order valence-corrected chi connectivity index (χ0v) is 13.7. The summed E-state index contributed by atoms with van der Waals surface area (Å²) in [6.07, 6.45) is -0.408. The third kappa shape index (κ3) is 4.19. The van der Waals surface area contributed by atoms with Gasteiger partial charge in [0.05, 0.1) is 16.7 Å². The summed E-state index contributed by atoms with van der Waals surface area (Å²) in [5.41, 5.74) is 0.688. The molecule has 4 nitrogen and oxygen atoms in total. The molecule has 0 aliphatic rings. The van der Waals surface area contributed by atoms with Gasteiger partial charge in [-0.3, -0.25) is 4.72 Å². The molecule has 1 N–H and O–H groups in total. The molecule has 23 heavy (non-hydrogen) atoms. The maximum Gasteiger partial charge on any atom is 0.261 e. The molecule has 0 amide bonds. The Morgan fingerprint density at radius 1 is 1.04 bits per heavy atom. The van der Waals surface area contributed by atoms with E-state index < -0.39 is 33.5 Å². The van der Waals surface area contributed by atoms with E-state index in [-0.39, 0.29) is 10.6 Å². The molecule has 0 radical (unpaired) electrons. The molecule has 0 heterocycles. The van der Waals surface area contributed by atoms with Crippen molar-refractivity contribution in [1.29, 1.82) is 0 Å². The number of hydrogen-bond acceptors (Lipinski definition) is 3. The number of sulfonamides is 1. The molecule has 0 bridgehead atoms. The molecule has 0 unspecified atom stereocenters. The molecule has 0 aliphatic heterocycles. The van der Waals surface area contributed by atoms with E-state index in [0.29, 0.717) is 0 Å². The third-order valence-electron chi connectivity index (χ3n) is 2.94. The van der Waals surface area contributed by atoms with Crippen LogP contribution < -0.4 is 9.46 Å². The molecule has 0 aliphatic carbocycles. The number of halogens is 2. The summed E-state index contributed by atoms with van der Waals surface area (Å²) in [6.45, 7) is 5.09. The topological polar surface area (TPSA) is 55.4 Å². The molecule has 0 atom stereocenters. The van der Waals surface area contributed by atoms with Gasteiger partial charge in [0.15, 0.2) is 17.4 Å². The van der Waals surface area contributed by atoms with Crippen LogP contribution in [0.5, 0.6) is 5.75 Å². The number of nitrogens with one attached hydrogen (secondary N) is 1. The van der Waals surface area contributed by atoms with Crippen LogP contribution in [0.3, 0.4) is 0 Å². The van der Waals surface area contributed by atoms with Crippen LogP contribution in [0.25, 0.3) is 0 Å². The van der Waals surface area contributed by atoms with Crippen LogP contribution in [0.2, 0.25) is 0 Å². The average molecular weight is 341 g/mol. The minimum Gasteiger partial charge on any atom is -0.485 e. The van der Waals surface area contributed by atoms with Crippen molar-refractivity contribution in [3.05, 3.63) is 53.6 Å². The fourth-order valence-corrected chi connectivity index (χ4v) is 2.94. The van der Waals surface area contributed by atoms with E-state index in [1.807, 2.05) is 6.92 Å². The average Bonchev–Trinajstić information content (AvgIpc) is 2.42. The smallest absolute Gasteiger partial charge is 0.261 e. The van der Waals surface area contributed by atoms with E-state index in [4.69, 9.17) is 4.74 Å². The maximum absolute atomic E-state index is 13.9. The van der Waals surface area contributed by atoms with Gasteiger partial charge in [0.2, 0.25) is 0 Å². The molecule has 0 saturated heterocycles. The predicted molar refractivity (Wildman–Crippen MR) is 84.1 cm³/mol. The molecule has 0 fully saturated rings. The van der Waals surface area contributed by atoms with Crippen LogP contribution in [0.15, 0.2) is 41.3 Å². The number of anilines is 1. The molecule has 0 saturated carbocycles. The molecule has 2 aromatic carbocycles. The van der Waals surface area contributed by atoms with Crippen molar-refractivity contribution < 1.29 is 21.9 Å². The maximum atomic E-state index is 13.9. The monoisotopic (exact) mass is 341 g/mol. The number of ether oxygens (including phenoxy) is 1. The highest BCUT2D eigenvalue weighted by molar-refractivity contribution is 7.92. The Morgan fingerprint density at radius 3 is 2.04 bits per heavy atom. The first-order chi connectivity index (χ1) is 10.7. The van der Waals surface area contributed by atoms with Crippen molar-refractivity contribution in [3.8, 4) is 5.75 Å². The Morgan fingerprint density at radius 2 is 1.57 bits per heavy atom. The highest BCUT2D eigenvalue weighted by Gasteiger charge is 2.18. The van der Waals surface area contributed by atoms with Gasteiger partial charge >= 0.3 is 0 Å². The molecule has 2 aromatic rings. The minimum absolute atomic E-state index is 0.00595. The molecule has 124 valence electrons. The standard InChI is InChI=1S/C16H17F2NO3S/c1-10(2)22-16-14(17)8-12(9-15(16)18)19-23(20,21)13-6-4-11(3)5-7-13/h4-10,19H,1-3H3. The second-order valence-electron chi connectivity index (χ2n) is 5.35. The molecular formula is C16H17F2NO3S. The van der Waals surface area contributed by atoms with Gasteiger partial charge in [-0.25, -0.2) is 17.2 Å². The summed E-state index contributed by atoms with van der Waals surface area (Å²) < 4.78 is 59.4. The van der Waals surface area contributed by atoms with Gasteiger partial charge in [-0.2, -0.15) is 0 Å². The number of hydrogen-bond donors (Lipinski definition) is 1. The van der Waals surface area contributed by atoms with Crippen molar-refractivity contribution in [1.82, 2.24) is 0 Å². The summed E-state index contributed by atoms with van der Waals surface area (Å²) in [5.74, 6) is -2.47. The second kappa shape index (κ2) is 6.54. The fourth-order valence-electron chi connectivity index (χ4n) is 1.90. The number of benzene rings is 2. The van der Waals surface area contributed by atoms with Crippen LogP contribution >= 0.6 is 0 Å². The van der Waals surface area contributed by atoms with Gasteiger partial charge in [-0.15, -0.1) is 0 Å². The van der Waals surface area contributed by atoms with Gasteiger partial charge in [-0.1, -0.05) is 17.7 Å². The Bertz CT molecular complexity index is 780. The largest absolute Gasteiger partial charge is 0.485 e. The quantitative estimate of drug-likeness (QED) is 0.898. The number of aryl methyl sites for hydroxylation is 1. The Hall–Kier alpha value is -2.15. The van der Waals surface area contributed by atoms with E-state index in [0.717, 1.165) is 17.7 Å². The molecular weight excluding hydrogens is 324 g/mol. The molecule has 7 heteroatoms. The summed E-state index contributed by atoms with van der Waals surface area (Å²) in [5, 5.41) is 0. The first-order valence-corrected chi connectivity index (χ1v) is 8.42. The third-order valence-corrected chi connectivity index (χ3v) is 4.33. The van der Waals surface area contributed by atoms with Crippen molar-refractivity contribution in [2.24, 2.45) is 0 Å². The highest BCUT2D eigenvalue weighted by atomic mass is 32.2. The second-order valence-corrected chi connectivity index (χ2v) is 7.04. The van der Waals surface area contributed by atoms with E-state index >= 15 is 0 Å². The highest BCUT2D eigenvalue weighted by Crippen LogP contribution is 2.28. The van der Waals surface area contributed by atoms with Crippen LogP contribution in [-0.4, -0.2) is 14.5 Å². The fraction of sp³-hybridized carbons (Fsp3) is 0.250. The van der Waals surface area contributed by atoms with Crippen LogP contribution in [0, 0.1) is 18.6 Å². The Labute approximate surface area is 134 Å². The van der Waals surface area contributed by atoms with Crippen LogP contribution in [0.1, 0.15) is 19.4 Å². The zero-order valence-electron chi connectivity index (χ0n) is 12.9. The van der Waals surface area contributed by atoms with Gasteiger partial charge < -0.3 is 4.74 Å². The zero-order chi connectivity index (χ0) is 17.2. The van der Waals surface area contributed by atoms with Crippen molar-refractivity contribution in [2.75, 3.05) is 4.72 Å². The predicted octanol–water partition coefficient (Wildman–Crippen LogP) is 3.86. The van der Waals surface area contributed by atoms with Gasteiger partial charge in [-0.05, 0) is 32.9 Å². The lowest BCUT2D eigenvalue weighted by molar-refractivity contribution is 0.219. The Balaban J connectivity index is 2.31. The van der Waals surface area contributed by atoms with Crippen molar-refractivity contribution in [3.63, 3.8) is 0 Å². The van der Waals surface area contributed by atoms with E-state index in [1.54, 1.807) is 26.0 Å². The minimum atomic E-state index is -3.92. The van der Waals surface area contributed by atoms with Crippen molar-refractivity contribution >= 4 is 15.7 Å². The van der Waals surface area contributed by atoms with E-state index in [1.165, 1.54) is 12.1 Å². The molecule has 2 rings (SSSR count). The first kappa shape index (κ1) is 17.2. The normalized spacial score (nSPS) is 11.6. The van der Waals surface area contributed by atoms with Crippen LogP contribution in [0.4, 0.5) is 14.5 Å². The van der Waals surface area contributed by atoms with Crippen molar-refractivity contribution in [2.45, 2.75) is 31.8 Å². The summed E-state index contributed by atoms with van der Waals surface area (Å²) >= 11 is 0.